The molecule has 2 rings (SSSR count). The fourth-order valence-corrected chi connectivity index (χ4v) is 2.45. The molecule has 1 aliphatic rings. The summed E-state index contributed by atoms with van der Waals surface area (Å²) in [5.74, 6) is 1.49. The molecule has 118 valence electrons. The van der Waals surface area contributed by atoms with Gasteiger partial charge in [0, 0.05) is 19.6 Å². The molecule has 1 aromatic rings. The number of halogens is 1. The Morgan fingerprint density at radius 2 is 1.81 bits per heavy atom. The number of guanidine groups is 1. The highest BCUT2D eigenvalue weighted by molar-refractivity contribution is 14.0. The summed E-state index contributed by atoms with van der Waals surface area (Å²) >= 11 is 0. The molecule has 0 aliphatic carbocycles. The van der Waals surface area contributed by atoms with E-state index < -0.39 is 0 Å². The van der Waals surface area contributed by atoms with Crippen molar-refractivity contribution in [3.63, 3.8) is 0 Å². The minimum Gasteiger partial charge on any atom is -0.392 e. The van der Waals surface area contributed by atoms with Crippen LogP contribution in [0.3, 0.4) is 0 Å². The van der Waals surface area contributed by atoms with Crippen molar-refractivity contribution >= 4 is 29.9 Å². The summed E-state index contributed by atoms with van der Waals surface area (Å²) in [6.07, 6.45) is 3.30. The van der Waals surface area contributed by atoms with E-state index in [1.807, 2.05) is 24.3 Å². The second kappa shape index (κ2) is 9.25. The fraction of sp³-hybridized carbons (Fsp3) is 0.562. The highest BCUT2D eigenvalue weighted by Crippen LogP contribution is 2.15. The summed E-state index contributed by atoms with van der Waals surface area (Å²) in [5, 5.41) is 9.00. The fourth-order valence-electron chi connectivity index (χ4n) is 2.45. The van der Waals surface area contributed by atoms with E-state index in [-0.39, 0.29) is 30.6 Å². The maximum atomic E-state index is 9.00. The van der Waals surface area contributed by atoms with E-state index in [9.17, 15) is 0 Å². The van der Waals surface area contributed by atoms with Crippen LogP contribution in [-0.4, -0.2) is 35.6 Å². The minimum atomic E-state index is 0. The van der Waals surface area contributed by atoms with Crippen molar-refractivity contribution in [2.24, 2.45) is 16.6 Å². The molecule has 1 fully saturated rings. The molecule has 1 aliphatic heterocycles. The topological polar surface area (TPSA) is 61.8 Å². The molecular weight excluding hydrogens is 377 g/mol. The number of piperidine rings is 1. The lowest BCUT2D eigenvalue weighted by Crippen LogP contribution is -2.42. The smallest absolute Gasteiger partial charge is 0.191 e. The van der Waals surface area contributed by atoms with Crippen LogP contribution in [0, 0.1) is 5.92 Å². The molecule has 21 heavy (non-hydrogen) atoms. The molecular formula is C16H26IN3O. The van der Waals surface area contributed by atoms with Crippen LogP contribution in [0.15, 0.2) is 29.3 Å². The second-order valence-electron chi connectivity index (χ2n) is 5.63. The van der Waals surface area contributed by atoms with E-state index in [1.54, 1.807) is 0 Å². The van der Waals surface area contributed by atoms with Crippen molar-refractivity contribution in [2.45, 2.75) is 32.8 Å². The Kier molecular flexibility index (Phi) is 8.03. The van der Waals surface area contributed by atoms with Crippen molar-refractivity contribution < 1.29 is 5.11 Å². The Morgan fingerprint density at radius 3 is 2.38 bits per heavy atom. The van der Waals surface area contributed by atoms with E-state index >= 15 is 0 Å². The van der Waals surface area contributed by atoms with Crippen LogP contribution in [0.5, 0.6) is 0 Å². The first-order valence-electron chi connectivity index (χ1n) is 7.42. The second-order valence-corrected chi connectivity index (χ2v) is 5.63. The van der Waals surface area contributed by atoms with Gasteiger partial charge in [0.15, 0.2) is 5.96 Å². The zero-order chi connectivity index (χ0) is 14.4. The van der Waals surface area contributed by atoms with Gasteiger partial charge in [0.25, 0.3) is 0 Å². The Labute approximate surface area is 144 Å². The van der Waals surface area contributed by atoms with Crippen LogP contribution in [0.25, 0.3) is 0 Å². The lowest BCUT2D eigenvalue weighted by Gasteiger charge is -2.31. The number of nitrogens with two attached hydrogens (primary N) is 1. The largest absolute Gasteiger partial charge is 0.392 e. The maximum absolute atomic E-state index is 9.00. The van der Waals surface area contributed by atoms with Gasteiger partial charge in [-0.1, -0.05) is 31.2 Å². The van der Waals surface area contributed by atoms with Gasteiger partial charge in [-0.2, -0.15) is 0 Å². The summed E-state index contributed by atoms with van der Waals surface area (Å²) in [5.41, 5.74) is 8.22. The van der Waals surface area contributed by atoms with Crippen LogP contribution in [0.1, 0.15) is 30.9 Å². The number of aliphatic hydroxyl groups is 1. The number of benzene rings is 1. The predicted molar refractivity (Wildman–Crippen MR) is 97.9 cm³/mol. The Bertz CT molecular complexity index is 439. The van der Waals surface area contributed by atoms with Crippen molar-refractivity contribution in [3.8, 4) is 0 Å². The number of hydrogen-bond donors (Lipinski definition) is 2. The summed E-state index contributed by atoms with van der Waals surface area (Å²) < 4.78 is 0. The third kappa shape index (κ3) is 5.82. The first kappa shape index (κ1) is 18.2. The summed E-state index contributed by atoms with van der Waals surface area (Å²) in [6, 6.07) is 7.99. The van der Waals surface area contributed by atoms with Crippen molar-refractivity contribution in [3.05, 3.63) is 35.4 Å². The quantitative estimate of drug-likeness (QED) is 0.461. The number of likely N-dealkylation sites (tertiary alicyclic amines) is 1. The van der Waals surface area contributed by atoms with Crippen molar-refractivity contribution in [2.75, 3.05) is 19.6 Å². The molecule has 1 aromatic carbocycles. The van der Waals surface area contributed by atoms with Gasteiger partial charge in [0.05, 0.1) is 6.61 Å². The lowest BCUT2D eigenvalue weighted by molar-refractivity contribution is 0.277. The van der Waals surface area contributed by atoms with Gasteiger partial charge in [0.1, 0.15) is 0 Å². The standard InChI is InChI=1S/C16H25N3O.HI/c1-13-7-10-19(11-8-13)16(17)18-9-6-14-2-4-15(12-20)5-3-14;/h2-5,13,20H,6-12H2,1H3,(H2,17,18);1H. The molecule has 0 spiro atoms. The summed E-state index contributed by atoms with van der Waals surface area (Å²) in [4.78, 5) is 6.67. The lowest BCUT2D eigenvalue weighted by atomic mass is 10.00. The molecule has 1 saturated heterocycles. The van der Waals surface area contributed by atoms with Crippen molar-refractivity contribution in [1.29, 1.82) is 0 Å². The van der Waals surface area contributed by atoms with Crippen molar-refractivity contribution in [1.82, 2.24) is 4.90 Å². The number of aliphatic imine (C=N–C) groups is 1. The normalized spacial score (nSPS) is 16.7. The molecule has 0 bridgehead atoms. The maximum Gasteiger partial charge on any atom is 0.191 e. The zero-order valence-electron chi connectivity index (χ0n) is 12.7. The van der Waals surface area contributed by atoms with Crippen LogP contribution in [0.4, 0.5) is 0 Å². The summed E-state index contributed by atoms with van der Waals surface area (Å²) in [6.45, 7) is 5.17. The molecule has 0 unspecified atom stereocenters. The minimum absolute atomic E-state index is 0. The van der Waals surface area contributed by atoms with E-state index in [0.717, 1.165) is 37.5 Å². The molecule has 0 saturated carbocycles. The zero-order valence-corrected chi connectivity index (χ0v) is 15.0. The van der Waals surface area contributed by atoms with Gasteiger partial charge >= 0.3 is 0 Å². The Balaban J connectivity index is 0.00000220. The van der Waals surface area contributed by atoms with Crippen LogP contribution < -0.4 is 5.73 Å². The van der Waals surface area contributed by atoms with Crippen LogP contribution in [-0.2, 0) is 13.0 Å². The average Bonchev–Trinajstić information content (AvgIpc) is 2.48. The van der Waals surface area contributed by atoms with Gasteiger partial charge in [-0.05, 0) is 36.3 Å². The van der Waals surface area contributed by atoms with Gasteiger partial charge in [-0.25, -0.2) is 0 Å². The average molecular weight is 403 g/mol. The first-order valence-corrected chi connectivity index (χ1v) is 7.42. The van der Waals surface area contributed by atoms with Gasteiger partial charge < -0.3 is 15.7 Å². The molecule has 4 nitrogen and oxygen atoms in total. The van der Waals surface area contributed by atoms with Crippen LogP contribution >= 0.6 is 24.0 Å². The SMILES string of the molecule is CC1CCN(C(N)=NCCc2ccc(CO)cc2)CC1.I. The number of rotatable bonds is 4. The summed E-state index contributed by atoms with van der Waals surface area (Å²) in [7, 11) is 0. The van der Waals surface area contributed by atoms with Crippen LogP contribution in [0.2, 0.25) is 0 Å². The highest BCUT2D eigenvalue weighted by atomic mass is 127. The Morgan fingerprint density at radius 1 is 1.24 bits per heavy atom. The molecule has 0 aromatic heterocycles. The molecule has 1 heterocycles. The highest BCUT2D eigenvalue weighted by Gasteiger charge is 2.16. The molecule has 3 N–H and O–H groups in total. The monoisotopic (exact) mass is 403 g/mol. The first-order chi connectivity index (χ1) is 9.69. The molecule has 5 heteroatoms. The number of aliphatic hydroxyl groups excluding tert-OH is 1. The Hall–Kier alpha value is -0.820. The van der Waals surface area contributed by atoms with Gasteiger partial charge in [0.2, 0.25) is 0 Å². The van der Waals surface area contributed by atoms with E-state index in [0.29, 0.717) is 5.96 Å². The van der Waals surface area contributed by atoms with Gasteiger partial charge in [-0.3, -0.25) is 4.99 Å². The molecule has 0 atom stereocenters. The number of nitrogens with zero attached hydrogens (tertiary/aromatic N) is 2. The van der Waals surface area contributed by atoms with Gasteiger partial charge in [-0.15, -0.1) is 24.0 Å². The van der Waals surface area contributed by atoms with E-state index in [1.165, 1.54) is 18.4 Å². The van der Waals surface area contributed by atoms with E-state index in [2.05, 4.69) is 16.8 Å². The third-order valence-corrected chi connectivity index (χ3v) is 3.99. The molecule has 0 amide bonds. The predicted octanol–water partition coefficient (Wildman–Crippen LogP) is 2.39. The van der Waals surface area contributed by atoms with E-state index in [4.69, 9.17) is 10.8 Å². The molecule has 0 radical (unpaired) electrons. The third-order valence-electron chi connectivity index (χ3n) is 3.99. The number of hydrogen-bond acceptors (Lipinski definition) is 2.